The molecule has 0 N–H and O–H groups in total. The summed E-state index contributed by atoms with van der Waals surface area (Å²) >= 11 is 0. The summed E-state index contributed by atoms with van der Waals surface area (Å²) in [6.45, 7) is 5.85. The molecule has 0 unspecified atom stereocenters. The topological polar surface area (TPSA) is 76.4 Å². The van der Waals surface area contributed by atoms with E-state index < -0.39 is 12.1 Å². The van der Waals surface area contributed by atoms with Gasteiger partial charge in [-0.15, -0.1) is 0 Å². The van der Waals surface area contributed by atoms with Gasteiger partial charge >= 0.3 is 5.97 Å². The number of nitriles is 1. The van der Waals surface area contributed by atoms with E-state index in [2.05, 4.69) is 0 Å². The lowest BCUT2D eigenvalue weighted by Gasteiger charge is -2.12. The molecule has 0 spiro atoms. The molecule has 0 radical (unpaired) electrons. The largest absolute Gasteiger partial charge is 0.494 e. The Morgan fingerprint density at radius 3 is 2.30 bits per heavy atom. The summed E-state index contributed by atoms with van der Waals surface area (Å²) in [5.41, 5.74) is 1.96. The molecule has 0 aliphatic carbocycles. The minimum atomic E-state index is -0.989. The maximum absolute atomic E-state index is 12.4. The van der Waals surface area contributed by atoms with Crippen LogP contribution >= 0.6 is 0 Å². The molecule has 5 heteroatoms. The fourth-order valence-electron chi connectivity index (χ4n) is 2.36. The fourth-order valence-corrected chi connectivity index (χ4v) is 2.36. The fraction of sp³-hybridized carbons (Fsp3) is 0.227. The highest BCUT2D eigenvalue weighted by Crippen LogP contribution is 2.16. The number of rotatable bonds is 7. The molecule has 27 heavy (non-hydrogen) atoms. The highest BCUT2D eigenvalue weighted by atomic mass is 16.5. The smallest absolute Gasteiger partial charge is 0.349 e. The Bertz CT molecular complexity index is 874. The maximum atomic E-state index is 12.4. The molecule has 5 nitrogen and oxygen atoms in total. The second kappa shape index (κ2) is 9.35. The molecule has 2 aromatic carbocycles. The van der Waals surface area contributed by atoms with Gasteiger partial charge in [0.15, 0.2) is 6.10 Å². The average molecular weight is 363 g/mol. The van der Waals surface area contributed by atoms with Crippen LogP contribution in [0.1, 0.15) is 35.3 Å². The molecule has 2 rings (SSSR count). The lowest BCUT2D eigenvalue weighted by molar-refractivity contribution is -0.141. The number of aryl methyl sites for hydroxylation is 1. The predicted molar refractivity (Wildman–Crippen MR) is 102 cm³/mol. The van der Waals surface area contributed by atoms with Crippen LogP contribution in [0.5, 0.6) is 5.75 Å². The van der Waals surface area contributed by atoms with Gasteiger partial charge < -0.3 is 9.47 Å². The van der Waals surface area contributed by atoms with Crippen LogP contribution in [0.4, 0.5) is 0 Å². The summed E-state index contributed by atoms with van der Waals surface area (Å²) in [7, 11) is 0. The Morgan fingerprint density at radius 2 is 1.74 bits per heavy atom. The van der Waals surface area contributed by atoms with Crippen LogP contribution in [-0.2, 0) is 9.53 Å². The summed E-state index contributed by atoms with van der Waals surface area (Å²) in [5, 5.41) is 9.27. The van der Waals surface area contributed by atoms with E-state index in [-0.39, 0.29) is 11.4 Å². The third-order valence-electron chi connectivity index (χ3n) is 3.83. The van der Waals surface area contributed by atoms with Crippen LogP contribution in [0.25, 0.3) is 6.08 Å². The lowest BCUT2D eigenvalue weighted by atomic mass is 10.1. The van der Waals surface area contributed by atoms with Crippen LogP contribution in [0.15, 0.2) is 54.1 Å². The van der Waals surface area contributed by atoms with Crippen LogP contribution in [0.2, 0.25) is 0 Å². The van der Waals surface area contributed by atoms with E-state index in [0.29, 0.717) is 23.5 Å². The van der Waals surface area contributed by atoms with Gasteiger partial charge in [-0.3, -0.25) is 4.79 Å². The zero-order chi connectivity index (χ0) is 19.8. The number of benzene rings is 2. The Balaban J connectivity index is 2.08. The molecule has 0 bridgehead atoms. The SMILES string of the molecule is CCOc1ccc(/C=C(\C#N)C(=O)O[C@@H](C)C(=O)c2ccc(C)cc2)cc1. The van der Waals surface area contributed by atoms with Gasteiger partial charge in [-0.1, -0.05) is 42.0 Å². The van der Waals surface area contributed by atoms with E-state index in [0.717, 1.165) is 5.56 Å². The molecule has 0 fully saturated rings. The number of nitrogens with zero attached hydrogens (tertiary/aromatic N) is 1. The second-order valence-electron chi connectivity index (χ2n) is 5.95. The first kappa shape index (κ1) is 19.9. The number of esters is 1. The molecule has 2 aromatic rings. The van der Waals surface area contributed by atoms with Crippen LogP contribution < -0.4 is 4.74 Å². The van der Waals surface area contributed by atoms with Gasteiger partial charge in [-0.05, 0) is 44.5 Å². The second-order valence-corrected chi connectivity index (χ2v) is 5.95. The van der Waals surface area contributed by atoms with Crippen LogP contribution in [0.3, 0.4) is 0 Å². The van der Waals surface area contributed by atoms with Crippen molar-refractivity contribution in [2.24, 2.45) is 0 Å². The van der Waals surface area contributed by atoms with Crippen molar-refractivity contribution in [2.75, 3.05) is 6.61 Å². The Morgan fingerprint density at radius 1 is 1.11 bits per heavy atom. The standard InChI is InChI=1S/C22H21NO4/c1-4-26-20-11-7-17(8-12-20)13-19(14-23)22(25)27-16(3)21(24)18-9-5-15(2)6-10-18/h5-13,16H,4H2,1-3H3/b19-13+/t16-/m0/s1. The molecule has 0 amide bonds. The molecule has 1 atom stereocenters. The molecule has 138 valence electrons. The molecule has 0 aromatic heterocycles. The van der Waals surface area contributed by atoms with Crippen molar-refractivity contribution in [1.82, 2.24) is 0 Å². The number of Topliss-reactive ketones (excluding diaryl/α,β-unsaturated/α-hetero) is 1. The minimum absolute atomic E-state index is 0.178. The minimum Gasteiger partial charge on any atom is -0.494 e. The van der Waals surface area contributed by atoms with E-state index >= 15 is 0 Å². The summed E-state index contributed by atoms with van der Waals surface area (Å²) < 4.78 is 10.5. The highest BCUT2D eigenvalue weighted by Gasteiger charge is 2.21. The first-order chi connectivity index (χ1) is 12.9. The van der Waals surface area contributed by atoms with Gasteiger partial charge in [0, 0.05) is 5.56 Å². The first-order valence-corrected chi connectivity index (χ1v) is 8.61. The quantitative estimate of drug-likeness (QED) is 0.320. The number of hydrogen-bond acceptors (Lipinski definition) is 5. The number of ether oxygens (including phenoxy) is 2. The van der Waals surface area contributed by atoms with Gasteiger partial charge in [-0.25, -0.2) is 4.79 Å². The molecular formula is C22H21NO4. The van der Waals surface area contributed by atoms with Gasteiger partial charge in [-0.2, -0.15) is 5.26 Å². The molecule has 0 saturated carbocycles. The van der Waals surface area contributed by atoms with Crippen LogP contribution in [-0.4, -0.2) is 24.5 Å². The Hall–Kier alpha value is -3.39. The Labute approximate surface area is 158 Å². The zero-order valence-corrected chi connectivity index (χ0v) is 15.6. The molecule has 0 saturated heterocycles. The third kappa shape index (κ3) is 5.55. The molecule has 0 aliphatic rings. The lowest BCUT2D eigenvalue weighted by Crippen LogP contribution is -2.25. The number of hydrogen-bond donors (Lipinski definition) is 0. The van der Waals surface area contributed by atoms with Gasteiger partial charge in [0.2, 0.25) is 5.78 Å². The van der Waals surface area contributed by atoms with E-state index in [1.54, 1.807) is 36.4 Å². The Kier molecular flexibility index (Phi) is 6.90. The van der Waals surface area contributed by atoms with Crippen molar-refractivity contribution in [3.63, 3.8) is 0 Å². The van der Waals surface area contributed by atoms with Crippen molar-refractivity contribution in [3.8, 4) is 11.8 Å². The van der Waals surface area contributed by atoms with Gasteiger partial charge in [0.1, 0.15) is 17.4 Å². The van der Waals surface area contributed by atoms with Crippen molar-refractivity contribution in [3.05, 3.63) is 70.8 Å². The number of ketones is 1. The molecule has 0 aliphatic heterocycles. The number of carbonyl (C=O) groups excluding carboxylic acids is 2. The normalized spacial score (nSPS) is 12.0. The zero-order valence-electron chi connectivity index (χ0n) is 15.6. The summed E-state index contributed by atoms with van der Waals surface area (Å²) in [5.74, 6) is -0.450. The number of carbonyl (C=O) groups is 2. The van der Waals surface area contributed by atoms with E-state index in [4.69, 9.17) is 9.47 Å². The predicted octanol–water partition coefficient (Wildman–Crippen LogP) is 4.12. The monoisotopic (exact) mass is 363 g/mol. The maximum Gasteiger partial charge on any atom is 0.349 e. The third-order valence-corrected chi connectivity index (χ3v) is 3.83. The van der Waals surface area contributed by atoms with Crippen molar-refractivity contribution >= 4 is 17.8 Å². The van der Waals surface area contributed by atoms with E-state index in [9.17, 15) is 14.9 Å². The summed E-state index contributed by atoms with van der Waals surface area (Å²) in [4.78, 5) is 24.6. The molecular weight excluding hydrogens is 342 g/mol. The summed E-state index contributed by atoms with van der Waals surface area (Å²) in [6.07, 6.45) is 0.429. The van der Waals surface area contributed by atoms with Crippen molar-refractivity contribution in [2.45, 2.75) is 26.9 Å². The van der Waals surface area contributed by atoms with E-state index in [1.165, 1.54) is 13.0 Å². The van der Waals surface area contributed by atoms with Gasteiger partial charge in [0.25, 0.3) is 0 Å². The van der Waals surface area contributed by atoms with Gasteiger partial charge in [0.05, 0.1) is 6.61 Å². The molecule has 0 heterocycles. The highest BCUT2D eigenvalue weighted by molar-refractivity contribution is 6.03. The first-order valence-electron chi connectivity index (χ1n) is 8.61. The van der Waals surface area contributed by atoms with E-state index in [1.807, 2.05) is 32.0 Å². The van der Waals surface area contributed by atoms with Crippen LogP contribution in [0, 0.1) is 18.3 Å². The average Bonchev–Trinajstić information content (AvgIpc) is 2.67. The van der Waals surface area contributed by atoms with Crippen molar-refractivity contribution < 1.29 is 19.1 Å². The van der Waals surface area contributed by atoms with Crippen molar-refractivity contribution in [1.29, 1.82) is 5.26 Å². The summed E-state index contributed by atoms with van der Waals surface area (Å²) in [6, 6.07) is 15.8.